The summed E-state index contributed by atoms with van der Waals surface area (Å²) in [5, 5.41) is 22.9. The molecular formula is C12H15N5O2. The topological polar surface area (TPSA) is 117 Å². The molecule has 0 aliphatic rings. The fraction of sp³-hybridized carbons (Fsp3) is 0.250. The number of hydrogen-bond donors (Lipinski definition) is 4. The maximum absolute atomic E-state index is 10.7. The van der Waals surface area contributed by atoms with Crippen LogP contribution in [0.5, 0.6) is 0 Å². The van der Waals surface area contributed by atoms with E-state index in [1.54, 1.807) is 0 Å². The number of rotatable bonds is 6. The second-order valence-corrected chi connectivity index (χ2v) is 4.03. The smallest absolute Gasteiger partial charge is 0.247 e. The van der Waals surface area contributed by atoms with Crippen LogP contribution in [0.4, 0.5) is 0 Å². The summed E-state index contributed by atoms with van der Waals surface area (Å²) in [5.74, 6) is -0.754. The maximum Gasteiger partial charge on any atom is 0.247 e. The Morgan fingerprint density at radius 1 is 1.37 bits per heavy atom. The number of aromatic nitrogens is 3. The van der Waals surface area contributed by atoms with E-state index in [0.29, 0.717) is 12.2 Å². The van der Waals surface area contributed by atoms with Gasteiger partial charge in [-0.3, -0.25) is 4.79 Å². The summed E-state index contributed by atoms with van der Waals surface area (Å²) >= 11 is 0. The highest BCUT2D eigenvalue weighted by Gasteiger charge is 2.12. The molecular weight excluding hydrogens is 246 g/mol. The lowest BCUT2D eigenvalue weighted by Gasteiger charge is -2.07. The lowest BCUT2D eigenvalue weighted by molar-refractivity contribution is -0.125. The first kappa shape index (κ1) is 13.2. The molecule has 2 rings (SSSR count). The maximum atomic E-state index is 10.7. The molecule has 0 fully saturated rings. The predicted octanol–water partition coefficient (Wildman–Crippen LogP) is -0.592. The number of H-pyrrole nitrogens is 1. The Morgan fingerprint density at radius 2 is 2.11 bits per heavy atom. The van der Waals surface area contributed by atoms with Gasteiger partial charge in [0.15, 0.2) is 0 Å². The van der Waals surface area contributed by atoms with Crippen LogP contribution in [0.1, 0.15) is 5.69 Å². The lowest BCUT2D eigenvalue weighted by Crippen LogP contribution is -2.37. The average Bonchev–Trinajstić information content (AvgIpc) is 2.88. The highest BCUT2D eigenvalue weighted by Crippen LogP contribution is 2.18. The van der Waals surface area contributed by atoms with E-state index in [4.69, 9.17) is 5.73 Å². The van der Waals surface area contributed by atoms with Crippen molar-refractivity contribution < 1.29 is 9.90 Å². The molecule has 2 aromatic rings. The number of benzene rings is 1. The van der Waals surface area contributed by atoms with Gasteiger partial charge in [0.25, 0.3) is 0 Å². The molecule has 0 radical (unpaired) electrons. The van der Waals surface area contributed by atoms with E-state index in [1.165, 1.54) is 0 Å². The standard InChI is InChI=1S/C12H15N5O2/c13-12(19)10(18)7-14-6-9-11(16-17-15-9)8-4-2-1-3-5-8/h1-5,10,14,18H,6-7H2,(H2,13,19)(H,15,16,17). The molecule has 0 aliphatic carbocycles. The van der Waals surface area contributed by atoms with E-state index in [-0.39, 0.29) is 6.54 Å². The number of carbonyl (C=O) groups is 1. The first-order valence-corrected chi connectivity index (χ1v) is 5.81. The third kappa shape index (κ3) is 3.36. The second kappa shape index (κ2) is 6.07. The summed E-state index contributed by atoms with van der Waals surface area (Å²) in [5.41, 5.74) is 7.35. The zero-order chi connectivity index (χ0) is 13.7. The summed E-state index contributed by atoms with van der Waals surface area (Å²) in [7, 11) is 0. The number of carbonyl (C=O) groups excluding carboxylic acids is 1. The first-order chi connectivity index (χ1) is 9.18. The number of amides is 1. The summed E-state index contributed by atoms with van der Waals surface area (Å²) in [4.78, 5) is 10.7. The monoisotopic (exact) mass is 261 g/mol. The Labute approximate surface area is 109 Å². The van der Waals surface area contributed by atoms with Crippen molar-refractivity contribution in [1.29, 1.82) is 0 Å². The molecule has 1 amide bonds. The Kier molecular flexibility index (Phi) is 4.22. The van der Waals surface area contributed by atoms with Crippen LogP contribution in [-0.2, 0) is 11.3 Å². The van der Waals surface area contributed by atoms with Crippen molar-refractivity contribution in [2.45, 2.75) is 12.6 Å². The minimum absolute atomic E-state index is 0.0798. The van der Waals surface area contributed by atoms with Crippen LogP contribution in [0.25, 0.3) is 11.3 Å². The Hall–Kier alpha value is -2.25. The molecule has 1 unspecified atom stereocenters. The van der Waals surface area contributed by atoms with Crippen LogP contribution in [0.2, 0.25) is 0 Å². The summed E-state index contributed by atoms with van der Waals surface area (Å²) in [6.45, 7) is 0.460. The highest BCUT2D eigenvalue weighted by atomic mass is 16.3. The quantitative estimate of drug-likeness (QED) is 0.554. The zero-order valence-corrected chi connectivity index (χ0v) is 10.2. The molecule has 7 heteroatoms. The van der Waals surface area contributed by atoms with Crippen molar-refractivity contribution >= 4 is 5.91 Å². The van der Waals surface area contributed by atoms with E-state index in [9.17, 15) is 9.90 Å². The van der Waals surface area contributed by atoms with Crippen molar-refractivity contribution in [1.82, 2.24) is 20.7 Å². The van der Waals surface area contributed by atoms with Gasteiger partial charge in [-0.1, -0.05) is 30.3 Å². The SMILES string of the molecule is NC(=O)C(O)CNCc1n[nH]nc1-c1ccccc1. The molecule has 1 aromatic heterocycles. The van der Waals surface area contributed by atoms with E-state index in [1.807, 2.05) is 30.3 Å². The molecule has 1 heterocycles. The van der Waals surface area contributed by atoms with Crippen molar-refractivity contribution in [2.24, 2.45) is 5.73 Å². The highest BCUT2D eigenvalue weighted by molar-refractivity contribution is 5.78. The summed E-state index contributed by atoms with van der Waals surface area (Å²) < 4.78 is 0. The van der Waals surface area contributed by atoms with Gasteiger partial charge in [-0.2, -0.15) is 15.4 Å². The number of nitrogens with zero attached hydrogens (tertiary/aromatic N) is 2. The zero-order valence-electron chi connectivity index (χ0n) is 10.2. The molecule has 100 valence electrons. The molecule has 5 N–H and O–H groups in total. The van der Waals surface area contributed by atoms with Gasteiger partial charge in [0.2, 0.25) is 5.91 Å². The fourth-order valence-electron chi connectivity index (χ4n) is 1.63. The van der Waals surface area contributed by atoms with Gasteiger partial charge in [0.05, 0.1) is 0 Å². The van der Waals surface area contributed by atoms with Crippen molar-refractivity contribution in [3.8, 4) is 11.3 Å². The Balaban J connectivity index is 1.99. The Morgan fingerprint density at radius 3 is 2.79 bits per heavy atom. The number of aliphatic hydroxyl groups excluding tert-OH is 1. The van der Waals surface area contributed by atoms with Crippen LogP contribution in [0, 0.1) is 0 Å². The van der Waals surface area contributed by atoms with E-state index in [2.05, 4.69) is 20.7 Å². The molecule has 1 atom stereocenters. The van der Waals surface area contributed by atoms with Crippen molar-refractivity contribution in [2.75, 3.05) is 6.54 Å². The summed E-state index contributed by atoms with van der Waals surface area (Å²) in [6, 6.07) is 9.61. The lowest BCUT2D eigenvalue weighted by atomic mass is 10.1. The van der Waals surface area contributed by atoms with Crippen molar-refractivity contribution in [3.63, 3.8) is 0 Å². The fourth-order valence-corrected chi connectivity index (χ4v) is 1.63. The van der Waals surface area contributed by atoms with E-state index < -0.39 is 12.0 Å². The van der Waals surface area contributed by atoms with E-state index in [0.717, 1.165) is 11.3 Å². The molecule has 0 saturated carbocycles. The van der Waals surface area contributed by atoms with Gasteiger partial charge in [0.1, 0.15) is 17.5 Å². The summed E-state index contributed by atoms with van der Waals surface area (Å²) in [6.07, 6.45) is -1.20. The minimum Gasteiger partial charge on any atom is -0.382 e. The molecule has 0 spiro atoms. The molecule has 0 aliphatic heterocycles. The number of nitrogens with one attached hydrogen (secondary N) is 2. The molecule has 7 nitrogen and oxygen atoms in total. The first-order valence-electron chi connectivity index (χ1n) is 5.81. The average molecular weight is 261 g/mol. The normalized spacial score (nSPS) is 12.3. The van der Waals surface area contributed by atoms with Crippen LogP contribution in [0.3, 0.4) is 0 Å². The molecule has 0 bridgehead atoms. The van der Waals surface area contributed by atoms with Crippen molar-refractivity contribution in [3.05, 3.63) is 36.0 Å². The molecule has 0 saturated heterocycles. The largest absolute Gasteiger partial charge is 0.382 e. The van der Waals surface area contributed by atoms with Gasteiger partial charge >= 0.3 is 0 Å². The predicted molar refractivity (Wildman–Crippen MR) is 68.7 cm³/mol. The molecule has 1 aromatic carbocycles. The van der Waals surface area contributed by atoms with Gasteiger partial charge in [-0.15, -0.1) is 0 Å². The second-order valence-electron chi connectivity index (χ2n) is 4.03. The van der Waals surface area contributed by atoms with Crippen LogP contribution >= 0.6 is 0 Å². The number of primary amides is 1. The Bertz CT molecular complexity index is 540. The van der Waals surface area contributed by atoms with Gasteiger partial charge in [-0.05, 0) is 0 Å². The van der Waals surface area contributed by atoms with Crippen LogP contribution in [-0.4, -0.2) is 39.1 Å². The van der Waals surface area contributed by atoms with Gasteiger partial charge in [-0.25, -0.2) is 0 Å². The number of aromatic amines is 1. The van der Waals surface area contributed by atoms with Crippen LogP contribution in [0.15, 0.2) is 30.3 Å². The third-order valence-corrected chi connectivity index (χ3v) is 2.63. The van der Waals surface area contributed by atoms with Crippen LogP contribution < -0.4 is 11.1 Å². The molecule has 19 heavy (non-hydrogen) atoms. The number of aliphatic hydroxyl groups is 1. The minimum atomic E-state index is -1.20. The number of nitrogens with two attached hydrogens (primary N) is 1. The number of hydrogen-bond acceptors (Lipinski definition) is 5. The van der Waals surface area contributed by atoms with Gasteiger partial charge in [0, 0.05) is 18.7 Å². The van der Waals surface area contributed by atoms with Gasteiger partial charge < -0.3 is 16.2 Å². The third-order valence-electron chi connectivity index (χ3n) is 2.63. The van der Waals surface area contributed by atoms with E-state index >= 15 is 0 Å².